The van der Waals surface area contributed by atoms with E-state index in [0.29, 0.717) is 5.02 Å². The van der Waals surface area contributed by atoms with Crippen LogP contribution in [0.15, 0.2) is 97.1 Å². The number of hydrogen-bond donors (Lipinski definition) is 0. The number of para-hydroxylation sites is 1. The van der Waals surface area contributed by atoms with Crippen LogP contribution in [0.25, 0.3) is 11.1 Å². The molecule has 0 heterocycles. The molecule has 2 nitrogen and oxygen atoms in total. The van der Waals surface area contributed by atoms with E-state index < -0.39 is 0 Å². The molecule has 0 amide bonds. The first kappa shape index (κ1) is 17.2. The number of ether oxygens (including phenoxy) is 2. The van der Waals surface area contributed by atoms with Gasteiger partial charge in [0.2, 0.25) is 0 Å². The minimum Gasteiger partial charge on any atom is -0.457 e. The Balaban J connectivity index is 1.63. The first-order chi connectivity index (χ1) is 13.3. The maximum atomic E-state index is 6.05. The molecule has 0 saturated heterocycles. The summed E-state index contributed by atoms with van der Waals surface area (Å²) in [6.07, 6.45) is 0. The fraction of sp³-hybridized carbons (Fsp3) is 0. The predicted octanol–water partition coefficient (Wildman–Crippen LogP) is 7.39. The van der Waals surface area contributed by atoms with Crippen molar-refractivity contribution in [3.8, 4) is 34.1 Å². The quantitative estimate of drug-likeness (QED) is 0.364. The Hall–Kier alpha value is -3.23. The highest BCUT2D eigenvalue weighted by Gasteiger charge is 2.09. The summed E-state index contributed by atoms with van der Waals surface area (Å²) in [5.41, 5.74) is 1.96. The molecule has 0 aliphatic heterocycles. The van der Waals surface area contributed by atoms with Gasteiger partial charge in [0, 0.05) is 10.6 Å². The minimum atomic E-state index is 0.674. The van der Waals surface area contributed by atoms with Crippen LogP contribution in [0.3, 0.4) is 0 Å². The van der Waals surface area contributed by atoms with Gasteiger partial charge in [-0.25, -0.2) is 0 Å². The van der Waals surface area contributed by atoms with Gasteiger partial charge < -0.3 is 9.47 Å². The zero-order chi connectivity index (χ0) is 18.5. The molecule has 0 fully saturated rings. The zero-order valence-corrected chi connectivity index (χ0v) is 15.2. The van der Waals surface area contributed by atoms with E-state index in [1.165, 1.54) is 0 Å². The summed E-state index contributed by atoms with van der Waals surface area (Å²) in [7, 11) is 0. The Bertz CT molecular complexity index is 1030. The van der Waals surface area contributed by atoms with Gasteiger partial charge in [-0.15, -0.1) is 0 Å². The molecule has 0 aliphatic rings. The minimum absolute atomic E-state index is 0.674. The van der Waals surface area contributed by atoms with Crippen LogP contribution in [-0.2, 0) is 0 Å². The van der Waals surface area contributed by atoms with Crippen molar-refractivity contribution in [2.45, 2.75) is 0 Å². The van der Waals surface area contributed by atoms with E-state index >= 15 is 0 Å². The van der Waals surface area contributed by atoms with Gasteiger partial charge in [-0.2, -0.15) is 0 Å². The molecule has 0 N–H and O–H groups in total. The third kappa shape index (κ3) is 4.30. The lowest BCUT2D eigenvalue weighted by Gasteiger charge is -2.12. The second-order valence-electron chi connectivity index (χ2n) is 5.92. The van der Waals surface area contributed by atoms with Crippen LogP contribution in [0.4, 0.5) is 0 Å². The number of hydrogen-bond acceptors (Lipinski definition) is 2. The molecule has 0 saturated carbocycles. The lowest BCUT2D eigenvalue weighted by molar-refractivity contribution is 0.481. The standard InChI is InChI=1S/C24H16ClO2/c25-19-13-15-21(16-14-19)27-24-12-5-4-11-23(24)18-7-6-10-22(17-18)26-20-8-2-1-3-9-20/h1-4,6-17H. The third-order valence-electron chi connectivity index (χ3n) is 3.99. The highest BCUT2D eigenvalue weighted by Crippen LogP contribution is 2.35. The summed E-state index contributed by atoms with van der Waals surface area (Å²) in [5.74, 6) is 3.01. The molecule has 1 radical (unpaired) electrons. The Morgan fingerprint density at radius 3 is 2.22 bits per heavy atom. The van der Waals surface area contributed by atoms with Gasteiger partial charge >= 0.3 is 0 Å². The van der Waals surface area contributed by atoms with Gasteiger partial charge in [-0.1, -0.05) is 54.1 Å². The number of rotatable bonds is 5. The smallest absolute Gasteiger partial charge is 0.135 e. The van der Waals surface area contributed by atoms with E-state index in [4.69, 9.17) is 21.1 Å². The molecular formula is C24H16ClO2. The monoisotopic (exact) mass is 371 g/mol. The summed E-state index contributed by atoms with van der Waals surface area (Å²) in [6, 6.07) is 33.7. The molecule has 0 unspecified atom stereocenters. The fourth-order valence-electron chi connectivity index (χ4n) is 2.72. The topological polar surface area (TPSA) is 18.5 Å². The average Bonchev–Trinajstić information content (AvgIpc) is 2.71. The largest absolute Gasteiger partial charge is 0.457 e. The van der Waals surface area contributed by atoms with E-state index in [0.717, 1.165) is 34.1 Å². The SMILES string of the molecule is Clc1ccc(Oc2c[c]ccc2-c2cccc(Oc3ccccc3)c2)cc1. The summed E-state index contributed by atoms with van der Waals surface area (Å²) in [4.78, 5) is 0. The number of halogens is 1. The number of benzene rings is 4. The lowest BCUT2D eigenvalue weighted by Crippen LogP contribution is -1.89. The van der Waals surface area contributed by atoms with Crippen molar-refractivity contribution in [2.75, 3.05) is 0 Å². The van der Waals surface area contributed by atoms with Gasteiger partial charge in [0.1, 0.15) is 23.0 Å². The van der Waals surface area contributed by atoms with Gasteiger partial charge in [-0.05, 0) is 66.2 Å². The maximum absolute atomic E-state index is 6.05. The predicted molar refractivity (Wildman–Crippen MR) is 109 cm³/mol. The molecule has 0 aliphatic carbocycles. The molecule has 4 aromatic carbocycles. The van der Waals surface area contributed by atoms with Gasteiger partial charge in [0.05, 0.1) is 0 Å². The first-order valence-corrected chi connectivity index (χ1v) is 8.92. The molecule has 0 aromatic heterocycles. The zero-order valence-electron chi connectivity index (χ0n) is 14.4. The third-order valence-corrected chi connectivity index (χ3v) is 4.24. The molecule has 4 aromatic rings. The van der Waals surface area contributed by atoms with Crippen molar-refractivity contribution in [3.63, 3.8) is 0 Å². The van der Waals surface area contributed by atoms with E-state index in [1.54, 1.807) is 12.1 Å². The molecule has 27 heavy (non-hydrogen) atoms. The van der Waals surface area contributed by atoms with Crippen LogP contribution in [-0.4, -0.2) is 0 Å². The highest BCUT2D eigenvalue weighted by molar-refractivity contribution is 6.30. The van der Waals surface area contributed by atoms with Gasteiger partial charge in [0.15, 0.2) is 0 Å². The van der Waals surface area contributed by atoms with Crippen LogP contribution in [0.2, 0.25) is 5.02 Å². The second-order valence-corrected chi connectivity index (χ2v) is 6.36. The second kappa shape index (κ2) is 7.98. The molecule has 3 heteroatoms. The van der Waals surface area contributed by atoms with Crippen molar-refractivity contribution >= 4 is 11.6 Å². The fourth-order valence-corrected chi connectivity index (χ4v) is 2.85. The van der Waals surface area contributed by atoms with Crippen molar-refractivity contribution < 1.29 is 9.47 Å². The van der Waals surface area contributed by atoms with E-state index in [-0.39, 0.29) is 0 Å². The van der Waals surface area contributed by atoms with Crippen molar-refractivity contribution in [2.24, 2.45) is 0 Å². The average molecular weight is 372 g/mol. The van der Waals surface area contributed by atoms with Crippen LogP contribution < -0.4 is 9.47 Å². The molecule has 0 atom stereocenters. The summed E-state index contributed by atoms with van der Waals surface area (Å²) < 4.78 is 12.0. The molecular weight excluding hydrogens is 356 g/mol. The van der Waals surface area contributed by atoms with E-state index in [1.807, 2.05) is 84.9 Å². The molecule has 0 spiro atoms. The van der Waals surface area contributed by atoms with Crippen LogP contribution in [0.5, 0.6) is 23.0 Å². The maximum Gasteiger partial charge on any atom is 0.135 e. The van der Waals surface area contributed by atoms with Crippen molar-refractivity contribution in [1.29, 1.82) is 0 Å². The van der Waals surface area contributed by atoms with Crippen molar-refractivity contribution in [1.82, 2.24) is 0 Å². The first-order valence-electron chi connectivity index (χ1n) is 8.55. The summed E-state index contributed by atoms with van der Waals surface area (Å²) in [6.45, 7) is 0. The Kier molecular flexibility index (Phi) is 5.08. The summed E-state index contributed by atoms with van der Waals surface area (Å²) >= 11 is 5.95. The normalized spacial score (nSPS) is 10.4. The van der Waals surface area contributed by atoms with Gasteiger partial charge in [-0.3, -0.25) is 0 Å². The molecule has 131 valence electrons. The summed E-state index contributed by atoms with van der Waals surface area (Å²) in [5, 5.41) is 0.674. The lowest BCUT2D eigenvalue weighted by atomic mass is 10.0. The van der Waals surface area contributed by atoms with E-state index in [9.17, 15) is 0 Å². The van der Waals surface area contributed by atoms with Crippen molar-refractivity contribution in [3.05, 3.63) is 108 Å². The van der Waals surface area contributed by atoms with Gasteiger partial charge in [0.25, 0.3) is 0 Å². The van der Waals surface area contributed by atoms with Crippen LogP contribution in [0, 0.1) is 6.07 Å². The molecule has 0 bridgehead atoms. The molecule has 4 rings (SSSR count). The Labute approximate surface area is 163 Å². The van der Waals surface area contributed by atoms with Crippen LogP contribution >= 0.6 is 11.6 Å². The van der Waals surface area contributed by atoms with E-state index in [2.05, 4.69) is 6.07 Å². The Morgan fingerprint density at radius 2 is 1.41 bits per heavy atom. The van der Waals surface area contributed by atoms with Crippen LogP contribution in [0.1, 0.15) is 0 Å². The Morgan fingerprint density at radius 1 is 0.667 bits per heavy atom. The highest BCUT2D eigenvalue weighted by atomic mass is 35.5.